The molecule has 25 heavy (non-hydrogen) atoms. The van der Waals surface area contributed by atoms with E-state index >= 15 is 0 Å². The normalized spacial score (nSPS) is 16.9. The van der Waals surface area contributed by atoms with Crippen molar-refractivity contribution < 1.29 is 9.50 Å². The maximum Gasteiger partial charge on any atom is 0.179 e. The predicted molar refractivity (Wildman–Crippen MR) is 101 cm³/mol. The lowest BCUT2D eigenvalue weighted by Gasteiger charge is -2.26. The molecular weight excluding hydrogens is 337 g/mol. The van der Waals surface area contributed by atoms with Gasteiger partial charge in [0.25, 0.3) is 0 Å². The van der Waals surface area contributed by atoms with E-state index in [-0.39, 0.29) is 18.0 Å². The van der Waals surface area contributed by atoms with Crippen LogP contribution in [-0.2, 0) is 5.60 Å². The first-order chi connectivity index (χ1) is 11.7. The fourth-order valence-corrected chi connectivity index (χ4v) is 3.13. The molecule has 0 aliphatic carbocycles. The van der Waals surface area contributed by atoms with Gasteiger partial charge in [0.1, 0.15) is 5.82 Å². The summed E-state index contributed by atoms with van der Waals surface area (Å²) >= 11 is 0. The van der Waals surface area contributed by atoms with E-state index in [1.54, 1.807) is 30.3 Å². The molecule has 4 heteroatoms. The molecule has 1 heterocycles. The van der Waals surface area contributed by atoms with Crippen molar-refractivity contribution in [2.24, 2.45) is 0 Å². The third-order valence-electron chi connectivity index (χ3n) is 4.48. The van der Waals surface area contributed by atoms with Crippen LogP contribution < -0.4 is 0 Å². The average Bonchev–Trinajstić information content (AvgIpc) is 2.63. The summed E-state index contributed by atoms with van der Waals surface area (Å²) in [5.41, 5.74) is -0.855. The number of hydrogen-bond acceptors (Lipinski definition) is 2. The van der Waals surface area contributed by atoms with Gasteiger partial charge in [-0.1, -0.05) is 66.8 Å². The Bertz CT molecular complexity index is 734. The van der Waals surface area contributed by atoms with Crippen molar-refractivity contribution in [1.29, 1.82) is 0 Å². The summed E-state index contributed by atoms with van der Waals surface area (Å²) in [6.07, 6.45) is 3.66. The molecule has 0 radical (unpaired) electrons. The SMILES string of the molecule is Cl.OC(C#CCN1CCCCC1)(c1ccccc1)c1ccccc1F. The minimum absolute atomic E-state index is 0. The number of likely N-dealkylation sites (tertiary alicyclic amines) is 1. The fourth-order valence-electron chi connectivity index (χ4n) is 3.13. The van der Waals surface area contributed by atoms with Gasteiger partial charge >= 0.3 is 0 Å². The van der Waals surface area contributed by atoms with E-state index in [0.29, 0.717) is 12.1 Å². The highest BCUT2D eigenvalue weighted by atomic mass is 35.5. The monoisotopic (exact) mass is 359 g/mol. The third kappa shape index (κ3) is 4.61. The number of aliphatic hydroxyl groups is 1. The second-order valence-corrected chi connectivity index (χ2v) is 6.19. The quantitative estimate of drug-likeness (QED) is 0.838. The average molecular weight is 360 g/mol. The van der Waals surface area contributed by atoms with Crippen LogP contribution in [0.3, 0.4) is 0 Å². The van der Waals surface area contributed by atoms with Gasteiger partial charge < -0.3 is 5.11 Å². The molecular formula is C21H23ClFNO. The molecule has 0 aromatic heterocycles. The van der Waals surface area contributed by atoms with Crippen LogP contribution in [0, 0.1) is 17.7 Å². The molecule has 0 amide bonds. The van der Waals surface area contributed by atoms with Crippen molar-refractivity contribution in [1.82, 2.24) is 4.90 Å². The molecule has 1 fully saturated rings. The minimum atomic E-state index is -1.64. The molecule has 2 aromatic rings. The van der Waals surface area contributed by atoms with Crippen LogP contribution >= 0.6 is 12.4 Å². The summed E-state index contributed by atoms with van der Waals surface area (Å²) in [4.78, 5) is 2.28. The van der Waals surface area contributed by atoms with Crippen LogP contribution in [0.1, 0.15) is 30.4 Å². The van der Waals surface area contributed by atoms with E-state index in [0.717, 1.165) is 13.1 Å². The van der Waals surface area contributed by atoms with E-state index in [1.165, 1.54) is 25.3 Å². The Labute approximate surface area is 155 Å². The lowest BCUT2D eigenvalue weighted by Crippen LogP contribution is -2.31. The molecule has 1 unspecified atom stereocenters. The smallest absolute Gasteiger partial charge is 0.179 e. The van der Waals surface area contributed by atoms with Gasteiger partial charge in [-0.3, -0.25) is 4.90 Å². The molecule has 1 aliphatic rings. The zero-order valence-electron chi connectivity index (χ0n) is 14.1. The summed E-state index contributed by atoms with van der Waals surface area (Å²) in [5.74, 6) is 5.57. The standard InChI is InChI=1S/C21H22FNO.ClH/c22-20-13-6-5-12-19(20)21(24,18-10-3-1-4-11-18)14-9-17-23-15-7-2-8-16-23;/h1,3-6,10-13,24H,2,7-8,15-17H2;1H. The van der Waals surface area contributed by atoms with Crippen LogP contribution in [-0.4, -0.2) is 29.6 Å². The Kier molecular flexibility index (Phi) is 7.01. The molecule has 1 aliphatic heterocycles. The summed E-state index contributed by atoms with van der Waals surface area (Å²) in [6, 6.07) is 15.4. The van der Waals surface area contributed by atoms with Gasteiger partial charge in [0.15, 0.2) is 5.60 Å². The summed E-state index contributed by atoms with van der Waals surface area (Å²) in [5, 5.41) is 11.2. The van der Waals surface area contributed by atoms with Crippen molar-refractivity contribution in [2.45, 2.75) is 24.9 Å². The summed E-state index contributed by atoms with van der Waals surface area (Å²) in [7, 11) is 0. The number of rotatable bonds is 3. The Morgan fingerprint density at radius 3 is 2.28 bits per heavy atom. The zero-order valence-corrected chi connectivity index (χ0v) is 14.9. The van der Waals surface area contributed by atoms with Gasteiger partial charge in [0, 0.05) is 11.1 Å². The van der Waals surface area contributed by atoms with Crippen LogP contribution in [0.15, 0.2) is 54.6 Å². The van der Waals surface area contributed by atoms with E-state index in [1.807, 2.05) is 18.2 Å². The maximum atomic E-state index is 14.3. The molecule has 3 rings (SSSR count). The van der Waals surface area contributed by atoms with Crippen molar-refractivity contribution in [3.05, 3.63) is 71.5 Å². The molecule has 1 saturated heterocycles. The Hall–Kier alpha value is -1.86. The van der Waals surface area contributed by atoms with Gasteiger partial charge in [-0.15, -0.1) is 12.4 Å². The van der Waals surface area contributed by atoms with Crippen molar-refractivity contribution in [2.75, 3.05) is 19.6 Å². The molecule has 0 bridgehead atoms. The van der Waals surface area contributed by atoms with Gasteiger partial charge in [-0.05, 0) is 32.0 Å². The molecule has 1 N–H and O–H groups in total. The Morgan fingerprint density at radius 2 is 1.60 bits per heavy atom. The fraction of sp³-hybridized carbons (Fsp3) is 0.333. The van der Waals surface area contributed by atoms with Crippen LogP contribution in [0.5, 0.6) is 0 Å². The lowest BCUT2D eigenvalue weighted by molar-refractivity contribution is 0.140. The van der Waals surface area contributed by atoms with E-state index in [2.05, 4.69) is 16.7 Å². The molecule has 0 spiro atoms. The van der Waals surface area contributed by atoms with Crippen LogP contribution in [0.25, 0.3) is 0 Å². The molecule has 132 valence electrons. The van der Waals surface area contributed by atoms with Gasteiger partial charge in [-0.25, -0.2) is 4.39 Å². The van der Waals surface area contributed by atoms with E-state index in [9.17, 15) is 9.50 Å². The first-order valence-electron chi connectivity index (χ1n) is 8.45. The van der Waals surface area contributed by atoms with E-state index in [4.69, 9.17) is 0 Å². The predicted octanol–water partition coefficient (Wildman–Crippen LogP) is 3.97. The van der Waals surface area contributed by atoms with Crippen molar-refractivity contribution in [3.8, 4) is 11.8 Å². The second kappa shape index (κ2) is 9.01. The maximum absolute atomic E-state index is 14.3. The molecule has 1 atom stereocenters. The third-order valence-corrected chi connectivity index (χ3v) is 4.48. The first-order valence-corrected chi connectivity index (χ1v) is 8.45. The molecule has 0 saturated carbocycles. The van der Waals surface area contributed by atoms with Gasteiger partial charge in [0.05, 0.1) is 6.54 Å². The second-order valence-electron chi connectivity index (χ2n) is 6.19. The van der Waals surface area contributed by atoms with E-state index < -0.39 is 11.4 Å². The van der Waals surface area contributed by atoms with Crippen molar-refractivity contribution >= 4 is 12.4 Å². The largest absolute Gasteiger partial charge is 0.369 e. The number of halogens is 2. The van der Waals surface area contributed by atoms with Gasteiger partial charge in [-0.2, -0.15) is 0 Å². The first kappa shape index (κ1) is 19.5. The Morgan fingerprint density at radius 1 is 0.960 bits per heavy atom. The highest BCUT2D eigenvalue weighted by molar-refractivity contribution is 5.85. The lowest BCUT2D eigenvalue weighted by atomic mass is 9.86. The topological polar surface area (TPSA) is 23.5 Å². The van der Waals surface area contributed by atoms with Crippen molar-refractivity contribution in [3.63, 3.8) is 0 Å². The highest BCUT2D eigenvalue weighted by Gasteiger charge is 2.32. The van der Waals surface area contributed by atoms with Crippen LogP contribution in [0.4, 0.5) is 4.39 Å². The number of nitrogens with zero attached hydrogens (tertiary/aromatic N) is 1. The summed E-state index contributed by atoms with van der Waals surface area (Å²) in [6.45, 7) is 2.68. The van der Waals surface area contributed by atoms with Crippen LogP contribution in [0.2, 0.25) is 0 Å². The number of piperidine rings is 1. The summed E-state index contributed by atoms with van der Waals surface area (Å²) < 4.78 is 14.3. The number of benzene rings is 2. The zero-order chi connectivity index (χ0) is 16.8. The number of hydrogen-bond donors (Lipinski definition) is 1. The minimum Gasteiger partial charge on any atom is -0.369 e. The van der Waals surface area contributed by atoms with Gasteiger partial charge in [0.2, 0.25) is 0 Å². The Balaban J connectivity index is 0.00000225. The highest BCUT2D eigenvalue weighted by Crippen LogP contribution is 2.30. The molecule has 2 aromatic carbocycles. The molecule has 2 nitrogen and oxygen atoms in total.